The molecule has 1 amide bonds. The summed E-state index contributed by atoms with van der Waals surface area (Å²) in [5.74, 6) is 0.753. The summed E-state index contributed by atoms with van der Waals surface area (Å²) in [7, 11) is 1.65. The van der Waals surface area contributed by atoms with Crippen LogP contribution in [0, 0.1) is 0 Å². The van der Waals surface area contributed by atoms with Gasteiger partial charge in [0.15, 0.2) is 0 Å². The third-order valence-electron chi connectivity index (χ3n) is 5.10. The molecule has 138 valence electrons. The lowest BCUT2D eigenvalue weighted by atomic mass is 9.99. The van der Waals surface area contributed by atoms with E-state index in [0.29, 0.717) is 6.04 Å². The molecular weight excluding hydrogens is 414 g/mol. The van der Waals surface area contributed by atoms with Crippen LogP contribution in [0.2, 0.25) is 0 Å². The van der Waals surface area contributed by atoms with Crippen LogP contribution in [0.25, 0.3) is 0 Å². The summed E-state index contributed by atoms with van der Waals surface area (Å²) >= 11 is 5.22. The zero-order chi connectivity index (χ0) is 18.4. The van der Waals surface area contributed by atoms with Gasteiger partial charge in [-0.3, -0.25) is 9.69 Å². The summed E-state index contributed by atoms with van der Waals surface area (Å²) in [6.45, 7) is 6.37. The van der Waals surface area contributed by atoms with Crippen LogP contribution >= 0.6 is 27.3 Å². The smallest absolute Gasteiger partial charge is 0.256 e. The maximum atomic E-state index is 12.9. The molecule has 0 unspecified atom stereocenters. The Kier molecular flexibility index (Phi) is 4.71. The third-order valence-corrected chi connectivity index (χ3v) is 6.74. The number of halogens is 1. The highest BCUT2D eigenvalue weighted by Gasteiger charge is 2.34. The normalized spacial score (nSPS) is 19.6. The Balaban J connectivity index is 1.68. The van der Waals surface area contributed by atoms with Gasteiger partial charge in [-0.25, -0.2) is 0 Å². The molecule has 0 spiro atoms. The Bertz CT molecular complexity index is 865. The Morgan fingerprint density at radius 1 is 1.35 bits per heavy atom. The van der Waals surface area contributed by atoms with Crippen LogP contribution in [0.1, 0.15) is 46.4 Å². The SMILES string of the molecule is COc1ccc(Br)cc1[C@H]1NC(=O)c2c(sc3c2CCN(C(C)C)C3)N1. The van der Waals surface area contributed by atoms with E-state index in [4.69, 9.17) is 4.74 Å². The fourth-order valence-electron chi connectivity index (χ4n) is 3.66. The molecule has 4 rings (SSSR count). The first-order valence-electron chi connectivity index (χ1n) is 8.77. The van der Waals surface area contributed by atoms with Crippen LogP contribution in [-0.2, 0) is 13.0 Å². The maximum absolute atomic E-state index is 12.9. The van der Waals surface area contributed by atoms with Crippen molar-refractivity contribution in [3.63, 3.8) is 0 Å². The highest BCUT2D eigenvalue weighted by molar-refractivity contribution is 9.10. The summed E-state index contributed by atoms with van der Waals surface area (Å²) in [4.78, 5) is 16.7. The molecular formula is C19H22BrN3O2S. The summed E-state index contributed by atoms with van der Waals surface area (Å²) in [5, 5.41) is 7.59. The van der Waals surface area contributed by atoms with Gasteiger partial charge in [0.1, 0.15) is 16.9 Å². The summed E-state index contributed by atoms with van der Waals surface area (Å²) in [6.07, 6.45) is 0.628. The maximum Gasteiger partial charge on any atom is 0.256 e. The quantitative estimate of drug-likeness (QED) is 0.760. The summed E-state index contributed by atoms with van der Waals surface area (Å²) in [6, 6.07) is 6.34. The van der Waals surface area contributed by atoms with Gasteiger partial charge in [-0.05, 0) is 44.0 Å². The first-order valence-corrected chi connectivity index (χ1v) is 10.4. The summed E-state index contributed by atoms with van der Waals surface area (Å²) in [5.41, 5.74) is 2.96. The predicted molar refractivity (Wildman–Crippen MR) is 108 cm³/mol. The van der Waals surface area contributed by atoms with E-state index in [1.165, 1.54) is 10.4 Å². The van der Waals surface area contributed by atoms with Gasteiger partial charge in [-0.2, -0.15) is 0 Å². The molecule has 2 aromatic rings. The van der Waals surface area contributed by atoms with Crippen LogP contribution in [-0.4, -0.2) is 30.5 Å². The molecule has 0 fully saturated rings. The van der Waals surface area contributed by atoms with Crippen molar-refractivity contribution in [2.45, 2.75) is 39.0 Å². The minimum absolute atomic E-state index is 0.00118. The van der Waals surface area contributed by atoms with E-state index in [9.17, 15) is 4.79 Å². The average Bonchev–Trinajstić information content (AvgIpc) is 2.99. The number of methoxy groups -OCH3 is 1. The molecule has 5 nitrogen and oxygen atoms in total. The number of hydrogen-bond acceptors (Lipinski definition) is 5. The number of ether oxygens (including phenoxy) is 1. The number of benzene rings is 1. The van der Waals surface area contributed by atoms with E-state index in [2.05, 4.69) is 45.3 Å². The Morgan fingerprint density at radius 2 is 2.15 bits per heavy atom. The predicted octanol–water partition coefficient (Wildman–Crippen LogP) is 4.14. The van der Waals surface area contributed by atoms with Gasteiger partial charge in [0.2, 0.25) is 0 Å². The summed E-state index contributed by atoms with van der Waals surface area (Å²) < 4.78 is 6.44. The van der Waals surface area contributed by atoms with Crippen LogP contribution in [0.5, 0.6) is 5.75 Å². The number of anilines is 1. The molecule has 1 aromatic heterocycles. The molecule has 1 aromatic carbocycles. The fourth-order valence-corrected chi connectivity index (χ4v) is 5.34. The average molecular weight is 436 g/mol. The minimum Gasteiger partial charge on any atom is -0.496 e. The lowest BCUT2D eigenvalue weighted by Crippen LogP contribution is -2.39. The van der Waals surface area contributed by atoms with Crippen LogP contribution in [0.15, 0.2) is 22.7 Å². The number of fused-ring (bicyclic) bond motifs is 3. The van der Waals surface area contributed by atoms with Gasteiger partial charge < -0.3 is 15.4 Å². The molecule has 0 aliphatic carbocycles. The Hall–Kier alpha value is -1.57. The van der Waals surface area contributed by atoms with Gasteiger partial charge in [0.05, 0.1) is 12.7 Å². The standard InChI is InChI=1S/C19H22BrN3O2S/c1-10(2)23-7-6-12-15(9-23)26-19-16(12)18(24)21-17(22-19)13-8-11(20)4-5-14(13)25-3/h4-5,8,10,17,22H,6-7,9H2,1-3H3,(H,21,24)/t17-/m0/s1. The molecule has 0 saturated carbocycles. The lowest BCUT2D eigenvalue weighted by molar-refractivity contribution is 0.0934. The van der Waals surface area contributed by atoms with Crippen molar-refractivity contribution >= 4 is 38.2 Å². The molecule has 2 N–H and O–H groups in total. The van der Waals surface area contributed by atoms with Crippen molar-refractivity contribution < 1.29 is 9.53 Å². The van der Waals surface area contributed by atoms with Crippen molar-refractivity contribution in [1.29, 1.82) is 0 Å². The zero-order valence-electron chi connectivity index (χ0n) is 15.1. The molecule has 3 heterocycles. The minimum atomic E-state index is -0.302. The second-order valence-corrected chi connectivity index (χ2v) is 8.98. The number of thiophene rings is 1. The first-order chi connectivity index (χ1) is 12.5. The highest BCUT2D eigenvalue weighted by Crippen LogP contribution is 2.42. The second kappa shape index (κ2) is 6.87. The Labute approximate surface area is 165 Å². The van der Waals surface area contributed by atoms with Crippen molar-refractivity contribution in [2.24, 2.45) is 0 Å². The highest BCUT2D eigenvalue weighted by atomic mass is 79.9. The molecule has 7 heteroatoms. The molecule has 0 radical (unpaired) electrons. The number of rotatable bonds is 3. The molecule has 1 atom stereocenters. The van der Waals surface area contributed by atoms with Gasteiger partial charge in [-0.1, -0.05) is 15.9 Å². The van der Waals surface area contributed by atoms with Crippen LogP contribution in [0.3, 0.4) is 0 Å². The molecule has 0 saturated heterocycles. The van der Waals surface area contributed by atoms with E-state index in [-0.39, 0.29) is 12.1 Å². The van der Waals surface area contributed by atoms with Crippen molar-refractivity contribution in [3.05, 3.63) is 44.2 Å². The monoisotopic (exact) mass is 435 g/mol. The van der Waals surface area contributed by atoms with Crippen LogP contribution in [0.4, 0.5) is 5.00 Å². The molecule has 2 aliphatic heterocycles. The molecule has 2 aliphatic rings. The van der Waals surface area contributed by atoms with E-state index in [0.717, 1.165) is 45.9 Å². The second-order valence-electron chi connectivity index (χ2n) is 6.96. The number of nitrogens with zero attached hydrogens (tertiary/aromatic N) is 1. The lowest BCUT2D eigenvalue weighted by Gasteiger charge is -2.31. The largest absolute Gasteiger partial charge is 0.496 e. The fraction of sp³-hybridized carbons (Fsp3) is 0.421. The first kappa shape index (κ1) is 17.8. The van der Waals surface area contributed by atoms with Crippen LogP contribution < -0.4 is 15.4 Å². The number of carbonyl (C=O) groups is 1. The number of amides is 1. The van der Waals surface area contributed by atoms with E-state index >= 15 is 0 Å². The van der Waals surface area contributed by atoms with E-state index in [1.54, 1.807) is 18.4 Å². The molecule has 0 bridgehead atoms. The van der Waals surface area contributed by atoms with Gasteiger partial charge in [0.25, 0.3) is 5.91 Å². The van der Waals surface area contributed by atoms with Gasteiger partial charge in [-0.15, -0.1) is 11.3 Å². The van der Waals surface area contributed by atoms with Crippen molar-refractivity contribution in [3.8, 4) is 5.75 Å². The van der Waals surface area contributed by atoms with Crippen molar-refractivity contribution in [1.82, 2.24) is 10.2 Å². The van der Waals surface area contributed by atoms with Gasteiger partial charge >= 0.3 is 0 Å². The van der Waals surface area contributed by atoms with E-state index < -0.39 is 0 Å². The Morgan fingerprint density at radius 3 is 2.88 bits per heavy atom. The third kappa shape index (κ3) is 3.02. The number of nitrogens with one attached hydrogen (secondary N) is 2. The number of carbonyl (C=O) groups excluding carboxylic acids is 1. The van der Waals surface area contributed by atoms with Gasteiger partial charge in [0, 0.05) is 34.0 Å². The topological polar surface area (TPSA) is 53.6 Å². The van der Waals surface area contributed by atoms with Crippen molar-refractivity contribution in [2.75, 3.05) is 19.0 Å². The zero-order valence-corrected chi connectivity index (χ0v) is 17.5. The number of hydrogen-bond donors (Lipinski definition) is 2. The molecule has 26 heavy (non-hydrogen) atoms. The van der Waals surface area contributed by atoms with E-state index in [1.807, 2.05) is 18.2 Å².